The Morgan fingerprint density at radius 3 is 2.58 bits per heavy atom. The van der Waals surface area contributed by atoms with Crippen molar-refractivity contribution in [3.63, 3.8) is 0 Å². The number of benzene rings is 1. The Kier molecular flexibility index (Phi) is 5.87. The lowest BCUT2D eigenvalue weighted by Gasteiger charge is -2.23. The molecule has 1 aliphatic heterocycles. The largest absolute Gasteiger partial charge is 0.313 e. The highest BCUT2D eigenvalue weighted by atomic mass is 15.2. The highest BCUT2D eigenvalue weighted by Crippen LogP contribution is 2.22. The Labute approximate surface area is 118 Å². The minimum Gasteiger partial charge on any atom is -0.313 e. The normalized spacial score (nSPS) is 20.0. The van der Waals surface area contributed by atoms with Crippen LogP contribution >= 0.6 is 0 Å². The summed E-state index contributed by atoms with van der Waals surface area (Å²) < 4.78 is 0. The highest BCUT2D eigenvalue weighted by Gasteiger charge is 2.22. The van der Waals surface area contributed by atoms with Crippen LogP contribution in [0.3, 0.4) is 0 Å². The third kappa shape index (κ3) is 4.32. The van der Waals surface area contributed by atoms with Crippen LogP contribution in [-0.2, 0) is 13.1 Å². The van der Waals surface area contributed by atoms with E-state index in [9.17, 15) is 0 Å². The van der Waals surface area contributed by atoms with E-state index >= 15 is 0 Å². The van der Waals surface area contributed by atoms with Crippen LogP contribution < -0.4 is 5.32 Å². The molecule has 1 fully saturated rings. The van der Waals surface area contributed by atoms with Crippen LogP contribution in [-0.4, -0.2) is 24.0 Å². The summed E-state index contributed by atoms with van der Waals surface area (Å²) in [6.07, 6.45) is 5.25. The first-order valence-electron chi connectivity index (χ1n) is 7.86. The van der Waals surface area contributed by atoms with Gasteiger partial charge in [-0.1, -0.05) is 38.1 Å². The summed E-state index contributed by atoms with van der Waals surface area (Å²) in [5, 5.41) is 3.45. The maximum atomic E-state index is 3.45. The average Bonchev–Trinajstić information content (AvgIpc) is 2.88. The van der Waals surface area contributed by atoms with Crippen LogP contribution in [0.5, 0.6) is 0 Å². The SMILES string of the molecule is CCCNCc1ccc(CN2CCCC2CC)cc1. The molecule has 1 aromatic carbocycles. The van der Waals surface area contributed by atoms with Gasteiger partial charge in [0.1, 0.15) is 0 Å². The van der Waals surface area contributed by atoms with Crippen molar-refractivity contribution < 1.29 is 0 Å². The van der Waals surface area contributed by atoms with E-state index in [2.05, 4.69) is 48.3 Å². The van der Waals surface area contributed by atoms with Crippen molar-refractivity contribution in [1.29, 1.82) is 0 Å². The molecule has 1 aromatic rings. The Morgan fingerprint density at radius 2 is 1.89 bits per heavy atom. The standard InChI is InChI=1S/C17H28N2/c1-3-11-18-13-15-7-9-16(10-8-15)14-19-12-5-6-17(19)4-2/h7-10,17-18H,3-6,11-14H2,1-2H3. The molecule has 1 unspecified atom stereocenters. The molecule has 2 heteroatoms. The van der Waals surface area contributed by atoms with Crippen molar-refractivity contribution in [3.8, 4) is 0 Å². The minimum absolute atomic E-state index is 0.811. The average molecular weight is 260 g/mol. The van der Waals surface area contributed by atoms with Crippen molar-refractivity contribution in [2.24, 2.45) is 0 Å². The van der Waals surface area contributed by atoms with Gasteiger partial charge in [-0.2, -0.15) is 0 Å². The van der Waals surface area contributed by atoms with Gasteiger partial charge in [0, 0.05) is 19.1 Å². The van der Waals surface area contributed by atoms with Crippen molar-refractivity contribution >= 4 is 0 Å². The molecule has 0 radical (unpaired) electrons. The van der Waals surface area contributed by atoms with Crippen molar-refractivity contribution in [2.45, 2.75) is 58.7 Å². The molecule has 0 aliphatic carbocycles. The predicted octanol–water partition coefficient (Wildman–Crippen LogP) is 3.56. The molecule has 2 nitrogen and oxygen atoms in total. The zero-order valence-corrected chi connectivity index (χ0v) is 12.5. The third-order valence-corrected chi connectivity index (χ3v) is 4.13. The molecule has 0 spiro atoms. The van der Waals surface area contributed by atoms with Gasteiger partial charge in [-0.3, -0.25) is 4.90 Å². The van der Waals surface area contributed by atoms with Crippen molar-refractivity contribution in [2.75, 3.05) is 13.1 Å². The topological polar surface area (TPSA) is 15.3 Å². The first-order chi connectivity index (χ1) is 9.33. The van der Waals surface area contributed by atoms with Crippen LogP contribution in [0, 0.1) is 0 Å². The lowest BCUT2D eigenvalue weighted by Crippen LogP contribution is -2.28. The molecule has 1 atom stereocenters. The van der Waals surface area contributed by atoms with Crippen LogP contribution in [0.25, 0.3) is 0 Å². The lowest BCUT2D eigenvalue weighted by molar-refractivity contribution is 0.240. The molecule has 0 amide bonds. The van der Waals surface area contributed by atoms with Gasteiger partial charge in [-0.15, -0.1) is 0 Å². The lowest BCUT2D eigenvalue weighted by atomic mass is 10.1. The number of hydrogen-bond acceptors (Lipinski definition) is 2. The van der Waals surface area contributed by atoms with E-state index in [1.54, 1.807) is 0 Å². The summed E-state index contributed by atoms with van der Waals surface area (Å²) in [4.78, 5) is 2.64. The first kappa shape index (κ1) is 14.5. The number of likely N-dealkylation sites (tertiary alicyclic amines) is 1. The van der Waals surface area contributed by atoms with Gasteiger partial charge in [0.25, 0.3) is 0 Å². The van der Waals surface area contributed by atoms with E-state index in [-0.39, 0.29) is 0 Å². The Bertz CT molecular complexity index is 358. The van der Waals surface area contributed by atoms with E-state index < -0.39 is 0 Å². The zero-order valence-electron chi connectivity index (χ0n) is 12.5. The molecule has 2 rings (SSSR count). The molecule has 19 heavy (non-hydrogen) atoms. The second kappa shape index (κ2) is 7.66. The Hall–Kier alpha value is -0.860. The van der Waals surface area contributed by atoms with Gasteiger partial charge < -0.3 is 5.32 Å². The van der Waals surface area contributed by atoms with E-state index in [0.717, 1.165) is 25.7 Å². The number of nitrogens with zero attached hydrogens (tertiary/aromatic N) is 1. The molecular formula is C17H28N2. The summed E-state index contributed by atoms with van der Waals surface area (Å²) in [6.45, 7) is 9.02. The fourth-order valence-corrected chi connectivity index (χ4v) is 2.97. The molecule has 1 heterocycles. The van der Waals surface area contributed by atoms with E-state index in [1.807, 2.05) is 0 Å². The van der Waals surface area contributed by atoms with E-state index in [0.29, 0.717) is 0 Å². The molecule has 1 saturated heterocycles. The molecule has 106 valence electrons. The quantitative estimate of drug-likeness (QED) is 0.754. The highest BCUT2D eigenvalue weighted by molar-refractivity contribution is 5.22. The van der Waals surface area contributed by atoms with Gasteiger partial charge in [0.05, 0.1) is 0 Å². The molecule has 1 aliphatic rings. The molecular weight excluding hydrogens is 232 g/mol. The predicted molar refractivity (Wildman–Crippen MR) is 82.2 cm³/mol. The van der Waals surface area contributed by atoms with Gasteiger partial charge in [0.15, 0.2) is 0 Å². The maximum Gasteiger partial charge on any atom is 0.0236 e. The number of rotatable bonds is 7. The minimum atomic E-state index is 0.811. The maximum absolute atomic E-state index is 3.45. The Morgan fingerprint density at radius 1 is 1.16 bits per heavy atom. The summed E-state index contributed by atoms with van der Waals surface area (Å²) in [5.41, 5.74) is 2.85. The van der Waals surface area contributed by atoms with Crippen molar-refractivity contribution in [1.82, 2.24) is 10.2 Å². The fraction of sp³-hybridized carbons (Fsp3) is 0.647. The smallest absolute Gasteiger partial charge is 0.0236 e. The van der Waals surface area contributed by atoms with Gasteiger partial charge in [-0.05, 0) is 49.9 Å². The fourth-order valence-electron chi connectivity index (χ4n) is 2.97. The first-order valence-corrected chi connectivity index (χ1v) is 7.86. The van der Waals surface area contributed by atoms with E-state index in [1.165, 1.54) is 43.4 Å². The molecule has 0 aromatic heterocycles. The van der Waals surface area contributed by atoms with Gasteiger partial charge >= 0.3 is 0 Å². The Balaban J connectivity index is 1.84. The van der Waals surface area contributed by atoms with E-state index in [4.69, 9.17) is 0 Å². The summed E-state index contributed by atoms with van der Waals surface area (Å²) >= 11 is 0. The second-order valence-corrected chi connectivity index (χ2v) is 5.67. The van der Waals surface area contributed by atoms with Crippen LogP contribution in [0.1, 0.15) is 50.7 Å². The molecule has 0 bridgehead atoms. The molecule has 1 N–H and O–H groups in total. The monoisotopic (exact) mass is 260 g/mol. The summed E-state index contributed by atoms with van der Waals surface area (Å²) in [6, 6.07) is 9.96. The van der Waals surface area contributed by atoms with Crippen LogP contribution in [0.15, 0.2) is 24.3 Å². The number of hydrogen-bond donors (Lipinski definition) is 1. The summed E-state index contributed by atoms with van der Waals surface area (Å²) in [5.74, 6) is 0. The molecule has 0 saturated carbocycles. The third-order valence-electron chi connectivity index (χ3n) is 4.13. The van der Waals surface area contributed by atoms with Gasteiger partial charge in [-0.25, -0.2) is 0 Å². The van der Waals surface area contributed by atoms with Crippen LogP contribution in [0.2, 0.25) is 0 Å². The second-order valence-electron chi connectivity index (χ2n) is 5.67. The number of nitrogens with one attached hydrogen (secondary N) is 1. The van der Waals surface area contributed by atoms with Crippen LogP contribution in [0.4, 0.5) is 0 Å². The zero-order chi connectivity index (χ0) is 13.5. The summed E-state index contributed by atoms with van der Waals surface area (Å²) in [7, 11) is 0. The van der Waals surface area contributed by atoms with Gasteiger partial charge in [0.2, 0.25) is 0 Å². The van der Waals surface area contributed by atoms with Crippen molar-refractivity contribution in [3.05, 3.63) is 35.4 Å².